The van der Waals surface area contributed by atoms with Gasteiger partial charge in [-0.3, -0.25) is 4.79 Å². The lowest BCUT2D eigenvalue weighted by atomic mass is 9.85. The van der Waals surface area contributed by atoms with E-state index in [-0.39, 0.29) is 22.9 Å². The molecule has 0 atom stereocenters. The Morgan fingerprint density at radius 2 is 1.90 bits per heavy atom. The van der Waals surface area contributed by atoms with Crippen molar-refractivity contribution in [1.82, 2.24) is 5.32 Å². The number of rotatable bonds is 3. The first kappa shape index (κ1) is 15.6. The number of carbonyl (C=O) groups is 2. The number of benzene rings is 1. The molecular formula is C14H16ClFN2O3. The molecule has 0 unspecified atom stereocenters. The fraction of sp³-hybridized carbons (Fsp3) is 0.429. The van der Waals surface area contributed by atoms with Crippen LogP contribution in [0.4, 0.5) is 14.9 Å². The Bertz CT molecular complexity index is 545. The number of amides is 2. The average molecular weight is 315 g/mol. The maximum Gasteiger partial charge on any atom is 0.404 e. The third kappa shape index (κ3) is 4.32. The molecule has 21 heavy (non-hydrogen) atoms. The smallest absolute Gasteiger partial charge is 0.404 e. The molecule has 5 nitrogen and oxygen atoms in total. The molecule has 2 amide bonds. The van der Waals surface area contributed by atoms with E-state index in [4.69, 9.17) is 16.7 Å². The molecule has 1 aliphatic carbocycles. The van der Waals surface area contributed by atoms with Crippen LogP contribution in [0.3, 0.4) is 0 Å². The van der Waals surface area contributed by atoms with Crippen molar-refractivity contribution in [1.29, 1.82) is 0 Å². The zero-order chi connectivity index (χ0) is 15.4. The number of anilines is 1. The second-order valence-electron chi connectivity index (χ2n) is 5.11. The number of hydrogen-bond acceptors (Lipinski definition) is 2. The second-order valence-corrected chi connectivity index (χ2v) is 5.52. The van der Waals surface area contributed by atoms with Gasteiger partial charge in [-0.15, -0.1) is 0 Å². The van der Waals surface area contributed by atoms with E-state index in [1.165, 1.54) is 12.1 Å². The van der Waals surface area contributed by atoms with E-state index in [9.17, 15) is 14.0 Å². The normalized spacial score (nSPS) is 21.6. The third-order valence-electron chi connectivity index (χ3n) is 3.61. The Kier molecular flexibility index (Phi) is 5.01. The van der Waals surface area contributed by atoms with Gasteiger partial charge < -0.3 is 15.7 Å². The summed E-state index contributed by atoms with van der Waals surface area (Å²) in [5, 5.41) is 13.9. The molecule has 3 N–H and O–H groups in total. The molecule has 0 aliphatic heterocycles. The van der Waals surface area contributed by atoms with Crippen LogP contribution in [0.15, 0.2) is 18.2 Å². The number of nitrogens with one attached hydrogen (secondary N) is 2. The number of carboxylic acid groups (broad SMARTS) is 1. The van der Waals surface area contributed by atoms with Crippen LogP contribution >= 0.6 is 11.6 Å². The predicted molar refractivity (Wildman–Crippen MR) is 76.9 cm³/mol. The summed E-state index contributed by atoms with van der Waals surface area (Å²) in [7, 11) is 0. The number of carbonyl (C=O) groups excluding carboxylic acids is 1. The van der Waals surface area contributed by atoms with E-state index in [0.29, 0.717) is 31.4 Å². The van der Waals surface area contributed by atoms with Gasteiger partial charge in [0.15, 0.2) is 0 Å². The van der Waals surface area contributed by atoms with Crippen LogP contribution in [0.5, 0.6) is 0 Å². The average Bonchev–Trinajstić information content (AvgIpc) is 2.42. The predicted octanol–water partition coefficient (Wildman–Crippen LogP) is 3.24. The van der Waals surface area contributed by atoms with Crippen LogP contribution in [0.25, 0.3) is 0 Å². The topological polar surface area (TPSA) is 78.4 Å². The van der Waals surface area contributed by atoms with E-state index in [2.05, 4.69) is 10.6 Å². The maximum atomic E-state index is 12.9. The first-order valence-corrected chi connectivity index (χ1v) is 7.09. The SMILES string of the molecule is O=C(O)NC1CCC(C(=O)Nc2ccc(F)cc2Cl)CC1. The van der Waals surface area contributed by atoms with Crippen molar-refractivity contribution in [2.75, 3.05) is 5.32 Å². The molecule has 0 saturated heterocycles. The van der Waals surface area contributed by atoms with Crippen molar-refractivity contribution in [2.24, 2.45) is 5.92 Å². The van der Waals surface area contributed by atoms with Gasteiger partial charge in [-0.2, -0.15) is 0 Å². The van der Waals surface area contributed by atoms with Gasteiger partial charge in [0.25, 0.3) is 0 Å². The Hall–Kier alpha value is -1.82. The maximum absolute atomic E-state index is 12.9. The van der Waals surface area contributed by atoms with Gasteiger partial charge in [-0.05, 0) is 43.9 Å². The van der Waals surface area contributed by atoms with Crippen LogP contribution in [0.1, 0.15) is 25.7 Å². The fourth-order valence-corrected chi connectivity index (χ4v) is 2.71. The summed E-state index contributed by atoms with van der Waals surface area (Å²) in [5.74, 6) is -0.812. The van der Waals surface area contributed by atoms with Gasteiger partial charge in [0.1, 0.15) is 5.82 Å². The van der Waals surface area contributed by atoms with E-state index in [0.717, 1.165) is 6.07 Å². The Morgan fingerprint density at radius 1 is 1.24 bits per heavy atom. The van der Waals surface area contributed by atoms with Crippen molar-refractivity contribution in [2.45, 2.75) is 31.7 Å². The first-order valence-electron chi connectivity index (χ1n) is 6.71. The van der Waals surface area contributed by atoms with Crippen molar-refractivity contribution < 1.29 is 19.1 Å². The largest absolute Gasteiger partial charge is 0.465 e. The molecule has 1 fully saturated rings. The summed E-state index contributed by atoms with van der Waals surface area (Å²) < 4.78 is 12.9. The van der Waals surface area contributed by atoms with E-state index >= 15 is 0 Å². The highest BCUT2D eigenvalue weighted by Crippen LogP contribution is 2.28. The Morgan fingerprint density at radius 3 is 2.48 bits per heavy atom. The van der Waals surface area contributed by atoms with Crippen LogP contribution in [-0.2, 0) is 4.79 Å². The summed E-state index contributed by atoms with van der Waals surface area (Å²) in [6, 6.07) is 3.70. The summed E-state index contributed by atoms with van der Waals surface area (Å²) in [4.78, 5) is 22.7. The minimum atomic E-state index is -1.04. The summed E-state index contributed by atoms with van der Waals surface area (Å²) >= 11 is 5.86. The van der Waals surface area contributed by atoms with Gasteiger partial charge in [0.2, 0.25) is 5.91 Å². The lowest BCUT2D eigenvalue weighted by Crippen LogP contribution is -2.38. The van der Waals surface area contributed by atoms with Gasteiger partial charge in [0.05, 0.1) is 10.7 Å². The van der Waals surface area contributed by atoms with E-state index in [1.807, 2.05) is 0 Å². The molecule has 0 spiro atoms. The van der Waals surface area contributed by atoms with Gasteiger partial charge in [-0.1, -0.05) is 11.6 Å². The minimum Gasteiger partial charge on any atom is -0.465 e. The minimum absolute atomic E-state index is 0.0963. The lowest BCUT2D eigenvalue weighted by Gasteiger charge is -2.27. The molecule has 1 saturated carbocycles. The lowest BCUT2D eigenvalue weighted by molar-refractivity contribution is -0.120. The Labute approximate surface area is 126 Å². The first-order chi connectivity index (χ1) is 9.95. The number of halogens is 2. The molecule has 0 heterocycles. The van der Waals surface area contributed by atoms with Gasteiger partial charge >= 0.3 is 6.09 Å². The second kappa shape index (κ2) is 6.76. The van der Waals surface area contributed by atoms with Gasteiger partial charge in [0, 0.05) is 12.0 Å². The highest BCUT2D eigenvalue weighted by Gasteiger charge is 2.27. The summed E-state index contributed by atoms with van der Waals surface area (Å²) in [6.07, 6.45) is 1.43. The zero-order valence-electron chi connectivity index (χ0n) is 11.2. The molecule has 1 aliphatic rings. The molecule has 0 bridgehead atoms. The third-order valence-corrected chi connectivity index (χ3v) is 3.93. The van der Waals surface area contributed by atoms with Crippen LogP contribution < -0.4 is 10.6 Å². The molecule has 114 valence electrons. The Balaban J connectivity index is 1.89. The van der Waals surface area contributed by atoms with Crippen LogP contribution in [-0.4, -0.2) is 23.1 Å². The molecule has 0 aromatic heterocycles. The van der Waals surface area contributed by atoms with Crippen LogP contribution in [0, 0.1) is 11.7 Å². The standard InChI is InChI=1S/C14H16ClFN2O3/c15-11-7-9(16)3-6-12(11)18-13(19)8-1-4-10(5-2-8)17-14(20)21/h3,6-8,10,17H,1-2,4-5H2,(H,18,19)(H,20,21). The summed E-state index contributed by atoms with van der Waals surface area (Å²) in [6.45, 7) is 0. The molecular weight excluding hydrogens is 299 g/mol. The quantitative estimate of drug-likeness (QED) is 0.801. The highest BCUT2D eigenvalue weighted by molar-refractivity contribution is 6.33. The van der Waals surface area contributed by atoms with Crippen molar-refractivity contribution in [3.63, 3.8) is 0 Å². The molecule has 1 aromatic rings. The zero-order valence-corrected chi connectivity index (χ0v) is 12.0. The van der Waals surface area contributed by atoms with E-state index < -0.39 is 11.9 Å². The molecule has 7 heteroatoms. The van der Waals surface area contributed by atoms with Crippen molar-refractivity contribution >= 4 is 29.3 Å². The summed E-state index contributed by atoms with van der Waals surface area (Å²) in [5.41, 5.74) is 0.383. The highest BCUT2D eigenvalue weighted by atomic mass is 35.5. The van der Waals surface area contributed by atoms with Crippen molar-refractivity contribution in [3.05, 3.63) is 29.0 Å². The molecule has 0 radical (unpaired) electrons. The number of hydrogen-bond donors (Lipinski definition) is 3. The molecule has 2 rings (SSSR count). The fourth-order valence-electron chi connectivity index (χ4n) is 2.50. The van der Waals surface area contributed by atoms with Gasteiger partial charge in [-0.25, -0.2) is 9.18 Å². The van der Waals surface area contributed by atoms with E-state index in [1.54, 1.807) is 0 Å². The monoisotopic (exact) mass is 314 g/mol. The van der Waals surface area contributed by atoms with Crippen molar-refractivity contribution in [3.8, 4) is 0 Å². The molecule has 1 aromatic carbocycles. The van der Waals surface area contributed by atoms with Crippen LogP contribution in [0.2, 0.25) is 5.02 Å².